The number of Topliss-reactive ketones (excluding diaryl/α,β-unsaturated/α-hetero) is 1. The molecule has 0 N–H and O–H groups in total. The number of carbonyl (C=O) groups excluding carboxylic acids is 1. The molecule has 110 valence electrons. The molecule has 1 aromatic carbocycles. The van der Waals surface area contributed by atoms with E-state index in [1.54, 1.807) is 13.8 Å². The smallest absolute Gasteiger partial charge is 0.254 e. The lowest BCUT2D eigenvalue weighted by atomic mass is 10.1. The van der Waals surface area contributed by atoms with Crippen LogP contribution >= 0.6 is 0 Å². The number of methoxy groups -OCH3 is 1. The highest BCUT2D eigenvalue weighted by Crippen LogP contribution is 2.18. The van der Waals surface area contributed by atoms with Crippen molar-refractivity contribution >= 4 is 5.78 Å². The Morgan fingerprint density at radius 1 is 1.33 bits per heavy atom. The average molecular weight is 290 g/mol. The van der Waals surface area contributed by atoms with Gasteiger partial charge in [0.05, 0.1) is 13.7 Å². The van der Waals surface area contributed by atoms with Crippen molar-refractivity contribution in [2.24, 2.45) is 0 Å². The monoisotopic (exact) mass is 290 g/mol. The summed E-state index contributed by atoms with van der Waals surface area (Å²) in [6.45, 7) is 3.18. The highest BCUT2D eigenvalue weighted by atomic mass is 19.1. The standard InChI is InChI=1S/C15H15FN2O3/c1-9-6-15(20)18(10(2)17-9)8-13(19)11-4-5-14(21-3)12(16)7-11/h4-7H,8H2,1-3H3. The topological polar surface area (TPSA) is 61.2 Å². The van der Waals surface area contributed by atoms with E-state index in [0.29, 0.717) is 11.5 Å². The highest BCUT2D eigenvalue weighted by molar-refractivity contribution is 5.96. The van der Waals surface area contributed by atoms with E-state index in [1.807, 2.05) is 0 Å². The maximum atomic E-state index is 13.6. The molecule has 5 nitrogen and oxygen atoms in total. The first-order valence-electron chi connectivity index (χ1n) is 6.34. The number of carbonyl (C=O) groups is 1. The molecule has 0 aliphatic carbocycles. The molecule has 0 saturated carbocycles. The first-order chi connectivity index (χ1) is 9.92. The number of nitrogens with zero attached hydrogens (tertiary/aromatic N) is 2. The Labute approximate surface area is 121 Å². The minimum absolute atomic E-state index is 0.0666. The molecule has 0 aliphatic heterocycles. The number of hydrogen-bond acceptors (Lipinski definition) is 4. The van der Waals surface area contributed by atoms with E-state index < -0.39 is 5.82 Å². The van der Waals surface area contributed by atoms with E-state index in [2.05, 4.69) is 4.98 Å². The Hall–Kier alpha value is -2.50. The van der Waals surface area contributed by atoms with Crippen LogP contribution < -0.4 is 10.3 Å². The molecule has 21 heavy (non-hydrogen) atoms. The van der Waals surface area contributed by atoms with Gasteiger partial charge in [-0.1, -0.05) is 0 Å². The molecule has 0 bridgehead atoms. The summed E-state index contributed by atoms with van der Waals surface area (Å²) in [4.78, 5) is 28.2. The molecule has 2 rings (SSSR count). The van der Waals surface area contributed by atoms with Gasteiger partial charge in [0.1, 0.15) is 5.82 Å². The third-order valence-corrected chi connectivity index (χ3v) is 3.10. The second kappa shape index (κ2) is 5.87. The highest BCUT2D eigenvalue weighted by Gasteiger charge is 2.13. The average Bonchev–Trinajstić information content (AvgIpc) is 2.42. The van der Waals surface area contributed by atoms with Crippen LogP contribution in [0.1, 0.15) is 21.9 Å². The van der Waals surface area contributed by atoms with Gasteiger partial charge in [-0.05, 0) is 32.0 Å². The van der Waals surface area contributed by atoms with Crippen LogP contribution in [0.3, 0.4) is 0 Å². The quantitative estimate of drug-likeness (QED) is 0.807. The summed E-state index contributed by atoms with van der Waals surface area (Å²) in [6.07, 6.45) is 0. The van der Waals surface area contributed by atoms with Crippen molar-refractivity contribution in [2.75, 3.05) is 7.11 Å². The minimum Gasteiger partial charge on any atom is -0.494 e. The lowest BCUT2D eigenvalue weighted by Crippen LogP contribution is -2.27. The molecule has 0 fully saturated rings. The molecule has 6 heteroatoms. The Morgan fingerprint density at radius 3 is 2.62 bits per heavy atom. The van der Waals surface area contributed by atoms with E-state index in [1.165, 1.54) is 29.9 Å². The van der Waals surface area contributed by atoms with Gasteiger partial charge in [-0.15, -0.1) is 0 Å². The molecule has 0 radical (unpaired) electrons. The summed E-state index contributed by atoms with van der Waals surface area (Å²) in [5.74, 6) is -0.471. The van der Waals surface area contributed by atoms with Crippen LogP contribution in [0, 0.1) is 19.7 Å². The molecule has 2 aromatic rings. The van der Waals surface area contributed by atoms with Crippen LogP contribution in [-0.4, -0.2) is 22.4 Å². The van der Waals surface area contributed by atoms with Gasteiger partial charge in [-0.2, -0.15) is 0 Å². The van der Waals surface area contributed by atoms with Gasteiger partial charge in [-0.25, -0.2) is 9.37 Å². The summed E-state index contributed by atoms with van der Waals surface area (Å²) in [6, 6.07) is 5.30. The van der Waals surface area contributed by atoms with Gasteiger partial charge in [0.15, 0.2) is 17.3 Å². The van der Waals surface area contributed by atoms with Crippen molar-refractivity contribution in [3.05, 3.63) is 57.5 Å². The van der Waals surface area contributed by atoms with Gasteiger partial charge in [-0.3, -0.25) is 14.2 Å². The van der Waals surface area contributed by atoms with Crippen LogP contribution in [0.15, 0.2) is 29.1 Å². The summed E-state index contributed by atoms with van der Waals surface area (Å²) in [5.41, 5.74) is 0.471. The maximum absolute atomic E-state index is 13.6. The molecule has 0 unspecified atom stereocenters. The van der Waals surface area contributed by atoms with Gasteiger partial charge >= 0.3 is 0 Å². The van der Waals surface area contributed by atoms with Crippen LogP contribution in [0.5, 0.6) is 5.75 Å². The lowest BCUT2D eigenvalue weighted by molar-refractivity contribution is 0.0969. The fourth-order valence-electron chi connectivity index (χ4n) is 2.03. The molecule has 0 saturated heterocycles. The fraction of sp³-hybridized carbons (Fsp3) is 0.267. The predicted molar refractivity (Wildman–Crippen MR) is 75.3 cm³/mol. The minimum atomic E-state index is -0.616. The summed E-state index contributed by atoms with van der Waals surface area (Å²) in [7, 11) is 1.35. The molecule has 0 amide bonds. The van der Waals surface area contributed by atoms with Crippen molar-refractivity contribution < 1.29 is 13.9 Å². The molecule has 0 aliphatic rings. The number of ketones is 1. The second-order valence-electron chi connectivity index (χ2n) is 4.64. The SMILES string of the molecule is COc1ccc(C(=O)Cn2c(C)nc(C)cc2=O)cc1F. The van der Waals surface area contributed by atoms with Crippen LogP contribution in [0.4, 0.5) is 4.39 Å². The van der Waals surface area contributed by atoms with E-state index in [-0.39, 0.29) is 29.2 Å². The number of hydrogen-bond donors (Lipinski definition) is 0. The van der Waals surface area contributed by atoms with Crippen molar-refractivity contribution in [1.29, 1.82) is 0 Å². The number of halogens is 1. The van der Waals surface area contributed by atoms with E-state index in [0.717, 1.165) is 6.07 Å². The van der Waals surface area contributed by atoms with E-state index in [4.69, 9.17) is 4.74 Å². The molecule has 1 aromatic heterocycles. The number of aromatic nitrogens is 2. The van der Waals surface area contributed by atoms with Gasteiger partial charge in [0.2, 0.25) is 0 Å². The Bertz CT molecular complexity index is 753. The number of ether oxygens (including phenoxy) is 1. The van der Waals surface area contributed by atoms with Crippen molar-refractivity contribution in [3.8, 4) is 5.75 Å². The second-order valence-corrected chi connectivity index (χ2v) is 4.64. The number of benzene rings is 1. The van der Waals surface area contributed by atoms with Crippen molar-refractivity contribution in [1.82, 2.24) is 9.55 Å². The number of rotatable bonds is 4. The number of aryl methyl sites for hydroxylation is 2. The molecule has 0 atom stereocenters. The first-order valence-corrected chi connectivity index (χ1v) is 6.34. The lowest BCUT2D eigenvalue weighted by Gasteiger charge is -2.09. The van der Waals surface area contributed by atoms with Gasteiger partial charge in [0, 0.05) is 17.3 Å². The van der Waals surface area contributed by atoms with Gasteiger partial charge in [0.25, 0.3) is 5.56 Å². The van der Waals surface area contributed by atoms with Crippen molar-refractivity contribution in [2.45, 2.75) is 20.4 Å². The fourth-order valence-corrected chi connectivity index (χ4v) is 2.03. The largest absolute Gasteiger partial charge is 0.494 e. The van der Waals surface area contributed by atoms with E-state index >= 15 is 0 Å². The normalized spacial score (nSPS) is 10.5. The zero-order chi connectivity index (χ0) is 15.6. The first kappa shape index (κ1) is 14.9. The summed E-state index contributed by atoms with van der Waals surface area (Å²) >= 11 is 0. The van der Waals surface area contributed by atoms with Crippen LogP contribution in [-0.2, 0) is 6.54 Å². The Balaban J connectivity index is 2.30. The predicted octanol–water partition coefficient (Wildman–Crippen LogP) is 1.89. The Kier molecular flexibility index (Phi) is 4.16. The maximum Gasteiger partial charge on any atom is 0.254 e. The van der Waals surface area contributed by atoms with E-state index in [9.17, 15) is 14.0 Å². The molecular weight excluding hydrogens is 275 g/mol. The van der Waals surface area contributed by atoms with Crippen LogP contribution in [0.25, 0.3) is 0 Å². The van der Waals surface area contributed by atoms with Gasteiger partial charge < -0.3 is 4.74 Å². The molecule has 0 spiro atoms. The molecular formula is C15H15FN2O3. The van der Waals surface area contributed by atoms with Crippen molar-refractivity contribution in [3.63, 3.8) is 0 Å². The molecule has 1 heterocycles. The summed E-state index contributed by atoms with van der Waals surface area (Å²) in [5, 5.41) is 0. The zero-order valence-corrected chi connectivity index (χ0v) is 12.0. The zero-order valence-electron chi connectivity index (χ0n) is 12.0. The third kappa shape index (κ3) is 3.16. The van der Waals surface area contributed by atoms with Crippen LogP contribution in [0.2, 0.25) is 0 Å². The summed E-state index contributed by atoms with van der Waals surface area (Å²) < 4.78 is 19.7. The Morgan fingerprint density at radius 2 is 2.05 bits per heavy atom. The third-order valence-electron chi connectivity index (χ3n) is 3.10.